The van der Waals surface area contributed by atoms with Crippen LogP contribution in [0.5, 0.6) is 0 Å². The van der Waals surface area contributed by atoms with Crippen molar-refractivity contribution in [3.05, 3.63) is 59.7 Å². The number of rotatable bonds is 12. The predicted molar refractivity (Wildman–Crippen MR) is 169 cm³/mol. The monoisotopic (exact) mass is 524 g/mol. The normalized spacial score (nSPS) is 13.2. The molecule has 36 heavy (non-hydrogen) atoms. The van der Waals surface area contributed by atoms with E-state index in [0.29, 0.717) is 33.2 Å². The highest BCUT2D eigenvalue weighted by Crippen LogP contribution is 2.56. The van der Waals surface area contributed by atoms with Crippen molar-refractivity contribution < 1.29 is 0 Å². The lowest BCUT2D eigenvalue weighted by Crippen LogP contribution is -2.74. The lowest BCUT2D eigenvalue weighted by molar-refractivity contribution is 0.759. The lowest BCUT2D eigenvalue weighted by atomic mass is 10.0. The molecule has 0 heterocycles. The van der Waals surface area contributed by atoms with E-state index in [1.54, 1.807) is 0 Å². The molecular formula is C32H56N2Si2. The van der Waals surface area contributed by atoms with Gasteiger partial charge in [0.15, 0.2) is 16.5 Å². The van der Waals surface area contributed by atoms with Crippen molar-refractivity contribution in [3.63, 3.8) is 0 Å². The minimum absolute atomic E-state index is 0.665. The SMILES string of the molecule is CC(C)[Si](C(C)C)(C(C)C)N(c1ccccc1CCc1ccccc1N)[Si](C(C)C)(C(C)C)C(C)C. The molecule has 0 aliphatic rings. The van der Waals surface area contributed by atoms with Crippen LogP contribution in [0.2, 0.25) is 33.2 Å². The zero-order chi connectivity index (χ0) is 27.4. The molecule has 0 aliphatic heterocycles. The molecule has 0 atom stereocenters. The molecule has 0 radical (unpaired) electrons. The van der Waals surface area contributed by atoms with Gasteiger partial charge in [-0.05, 0) is 69.3 Å². The summed E-state index contributed by atoms with van der Waals surface area (Å²) in [6, 6.07) is 17.8. The van der Waals surface area contributed by atoms with Crippen molar-refractivity contribution >= 4 is 27.8 Å². The Bertz CT molecular complexity index is 887. The number of nitrogen functional groups attached to an aromatic ring is 1. The van der Waals surface area contributed by atoms with Gasteiger partial charge in [0.05, 0.1) is 0 Å². The molecule has 2 aromatic rings. The summed E-state index contributed by atoms with van der Waals surface area (Å²) in [6.45, 7) is 30.4. The molecule has 0 aromatic heterocycles. The molecule has 4 heteroatoms. The smallest absolute Gasteiger partial charge is 0.155 e. The van der Waals surface area contributed by atoms with Crippen LogP contribution in [0.15, 0.2) is 48.5 Å². The maximum Gasteiger partial charge on any atom is 0.155 e. The number of hydrogen-bond donors (Lipinski definition) is 1. The number of nitrogens with zero attached hydrogens (tertiary/aromatic N) is 1. The minimum Gasteiger partial charge on any atom is -0.422 e. The van der Waals surface area contributed by atoms with Crippen molar-refractivity contribution in [1.82, 2.24) is 0 Å². The zero-order valence-electron chi connectivity index (χ0n) is 25.5. The average Bonchev–Trinajstić information content (AvgIpc) is 2.77. The van der Waals surface area contributed by atoms with Gasteiger partial charge in [-0.25, -0.2) is 0 Å². The summed E-state index contributed by atoms with van der Waals surface area (Å²) in [5.41, 5.74) is 15.6. The van der Waals surface area contributed by atoms with Crippen molar-refractivity contribution in [2.24, 2.45) is 0 Å². The number of aryl methyl sites for hydroxylation is 2. The summed E-state index contributed by atoms with van der Waals surface area (Å²) in [4.78, 5) is 0. The van der Waals surface area contributed by atoms with Crippen LogP contribution in [0.3, 0.4) is 0 Å². The molecule has 0 aliphatic carbocycles. The molecule has 0 saturated heterocycles. The van der Waals surface area contributed by atoms with Gasteiger partial charge in [0.2, 0.25) is 0 Å². The Morgan fingerprint density at radius 2 is 0.861 bits per heavy atom. The second-order valence-electron chi connectivity index (χ2n) is 12.9. The van der Waals surface area contributed by atoms with Gasteiger partial charge < -0.3 is 9.96 Å². The highest BCUT2D eigenvalue weighted by molar-refractivity contribution is 7.05. The molecule has 0 saturated carbocycles. The largest absolute Gasteiger partial charge is 0.422 e. The standard InChI is InChI=1S/C32H56N2Si2/c1-23(2)35(24(3)4,25(5)6)34(36(26(7)8,27(9)10)28(11)12)32-20-16-14-18-30(32)22-21-29-17-13-15-19-31(29)33/h13-20,23-28H,21-22,33H2,1-12H3. The first-order valence-electron chi connectivity index (χ1n) is 14.5. The van der Waals surface area contributed by atoms with Gasteiger partial charge in [-0.1, -0.05) is 119 Å². The number of anilines is 2. The van der Waals surface area contributed by atoms with Gasteiger partial charge in [-0.2, -0.15) is 0 Å². The third-order valence-corrected chi connectivity index (χ3v) is 24.7. The van der Waals surface area contributed by atoms with Gasteiger partial charge in [-0.3, -0.25) is 0 Å². The van der Waals surface area contributed by atoms with Crippen LogP contribution in [0.25, 0.3) is 0 Å². The van der Waals surface area contributed by atoms with Gasteiger partial charge in [-0.15, -0.1) is 0 Å². The van der Waals surface area contributed by atoms with Gasteiger partial charge >= 0.3 is 0 Å². The van der Waals surface area contributed by atoms with Crippen molar-refractivity contribution in [1.29, 1.82) is 0 Å². The van der Waals surface area contributed by atoms with Crippen LogP contribution in [0, 0.1) is 0 Å². The first kappa shape index (κ1) is 30.7. The maximum atomic E-state index is 6.36. The van der Waals surface area contributed by atoms with Crippen LogP contribution in [0.4, 0.5) is 11.4 Å². The molecule has 0 amide bonds. The Balaban J connectivity index is 2.92. The molecule has 0 fully saturated rings. The van der Waals surface area contributed by atoms with E-state index in [4.69, 9.17) is 5.73 Å². The Labute approximate surface area is 226 Å². The first-order chi connectivity index (χ1) is 16.8. The lowest BCUT2D eigenvalue weighted by Gasteiger charge is -2.64. The molecule has 0 spiro atoms. The highest BCUT2D eigenvalue weighted by atomic mass is 28.4. The molecular weight excluding hydrogens is 469 g/mol. The number of benzene rings is 2. The van der Waals surface area contributed by atoms with E-state index in [9.17, 15) is 0 Å². The molecule has 2 aromatic carbocycles. The summed E-state index contributed by atoms with van der Waals surface area (Å²) < 4.78 is 3.25. The second kappa shape index (κ2) is 12.3. The third kappa shape index (κ3) is 5.36. The fourth-order valence-electron chi connectivity index (χ4n) is 8.27. The zero-order valence-corrected chi connectivity index (χ0v) is 27.5. The van der Waals surface area contributed by atoms with E-state index in [1.165, 1.54) is 16.8 Å². The Kier molecular flexibility index (Phi) is 10.5. The van der Waals surface area contributed by atoms with E-state index >= 15 is 0 Å². The van der Waals surface area contributed by atoms with Gasteiger partial charge in [0, 0.05) is 11.4 Å². The maximum absolute atomic E-state index is 6.36. The fourth-order valence-corrected chi connectivity index (χ4v) is 28.0. The van der Waals surface area contributed by atoms with E-state index in [0.717, 1.165) is 18.5 Å². The quantitative estimate of drug-likeness (QED) is 0.221. The van der Waals surface area contributed by atoms with E-state index in [2.05, 4.69) is 124 Å². The molecule has 0 bridgehead atoms. The van der Waals surface area contributed by atoms with Gasteiger partial charge in [0.25, 0.3) is 0 Å². The van der Waals surface area contributed by atoms with Crippen molar-refractivity contribution in [3.8, 4) is 0 Å². The van der Waals surface area contributed by atoms with Gasteiger partial charge in [0.1, 0.15) is 0 Å². The van der Waals surface area contributed by atoms with Crippen LogP contribution < -0.4 is 9.96 Å². The second-order valence-corrected chi connectivity index (χ2v) is 24.7. The minimum atomic E-state index is -2.00. The van der Waals surface area contributed by atoms with Crippen LogP contribution in [-0.2, 0) is 12.8 Å². The first-order valence-corrected chi connectivity index (χ1v) is 18.8. The fraction of sp³-hybridized carbons (Fsp3) is 0.625. The van der Waals surface area contributed by atoms with Crippen molar-refractivity contribution in [2.45, 2.75) is 129 Å². The highest BCUT2D eigenvalue weighted by Gasteiger charge is 2.59. The van der Waals surface area contributed by atoms with E-state index < -0.39 is 16.5 Å². The Morgan fingerprint density at radius 1 is 0.528 bits per heavy atom. The van der Waals surface area contributed by atoms with E-state index in [-0.39, 0.29) is 0 Å². The third-order valence-electron chi connectivity index (χ3n) is 9.28. The predicted octanol–water partition coefficient (Wildman–Crippen LogP) is 10.2. The molecule has 2 nitrogen and oxygen atoms in total. The van der Waals surface area contributed by atoms with Crippen LogP contribution in [-0.4, -0.2) is 16.5 Å². The summed E-state index contributed by atoms with van der Waals surface area (Å²) in [5.74, 6) is 0. The Hall–Kier alpha value is -1.53. The molecule has 202 valence electrons. The summed E-state index contributed by atoms with van der Waals surface area (Å²) in [6.07, 6.45) is 2.01. The van der Waals surface area contributed by atoms with Crippen LogP contribution in [0.1, 0.15) is 94.2 Å². The van der Waals surface area contributed by atoms with Crippen LogP contribution >= 0.6 is 0 Å². The number of hydrogen-bond acceptors (Lipinski definition) is 2. The molecule has 2 rings (SSSR count). The van der Waals surface area contributed by atoms with E-state index in [1.807, 2.05) is 12.1 Å². The molecule has 2 N–H and O–H groups in total. The van der Waals surface area contributed by atoms with Crippen molar-refractivity contribution in [2.75, 3.05) is 9.96 Å². The Morgan fingerprint density at radius 3 is 1.25 bits per heavy atom. The summed E-state index contributed by atoms with van der Waals surface area (Å²) >= 11 is 0. The summed E-state index contributed by atoms with van der Waals surface area (Å²) in [5, 5.41) is 0. The topological polar surface area (TPSA) is 29.3 Å². The molecule has 0 unspecified atom stereocenters. The number of nitrogens with two attached hydrogens (primary N) is 1. The average molecular weight is 525 g/mol. The summed E-state index contributed by atoms with van der Waals surface area (Å²) in [7, 11) is -4.00. The number of para-hydroxylation sites is 2.